The largest absolute Gasteiger partial charge is 0.330 e. The van der Waals surface area contributed by atoms with E-state index >= 15 is 0 Å². The second-order valence-corrected chi connectivity index (χ2v) is 4.44. The van der Waals surface area contributed by atoms with Crippen LogP contribution in [0.4, 0.5) is 4.39 Å². The van der Waals surface area contributed by atoms with Gasteiger partial charge in [-0.25, -0.2) is 4.39 Å². The molecule has 0 saturated heterocycles. The minimum absolute atomic E-state index is 0.0616. The molecule has 13 heavy (non-hydrogen) atoms. The van der Waals surface area contributed by atoms with Crippen molar-refractivity contribution in [2.24, 2.45) is 5.73 Å². The van der Waals surface area contributed by atoms with Crippen molar-refractivity contribution < 1.29 is 4.39 Å². The predicted molar refractivity (Wildman–Crippen MR) is 54.1 cm³/mol. The first-order valence-electron chi connectivity index (χ1n) is 4.34. The third-order valence-corrected chi connectivity index (χ3v) is 3.38. The molecule has 0 bridgehead atoms. The maximum atomic E-state index is 13.6. The molecule has 0 unspecified atom stereocenters. The van der Waals surface area contributed by atoms with E-state index in [0.717, 1.165) is 18.4 Å². The molecule has 2 rings (SSSR count). The average molecular weight is 244 g/mol. The van der Waals surface area contributed by atoms with Gasteiger partial charge < -0.3 is 5.73 Å². The third kappa shape index (κ3) is 1.40. The lowest BCUT2D eigenvalue weighted by atomic mass is 9.96. The Morgan fingerprint density at radius 2 is 2.15 bits per heavy atom. The fraction of sp³-hybridized carbons (Fsp3) is 0.400. The van der Waals surface area contributed by atoms with Crippen LogP contribution < -0.4 is 5.73 Å². The maximum Gasteiger partial charge on any atom is 0.141 e. The van der Waals surface area contributed by atoms with Crippen molar-refractivity contribution in [3.63, 3.8) is 0 Å². The van der Waals surface area contributed by atoms with Crippen LogP contribution in [0.5, 0.6) is 0 Å². The fourth-order valence-electron chi connectivity index (χ4n) is 1.65. The van der Waals surface area contributed by atoms with Crippen molar-refractivity contribution in [1.29, 1.82) is 0 Å². The van der Waals surface area contributed by atoms with Crippen molar-refractivity contribution in [2.75, 3.05) is 6.54 Å². The first-order valence-corrected chi connectivity index (χ1v) is 5.13. The van der Waals surface area contributed by atoms with Gasteiger partial charge in [-0.2, -0.15) is 0 Å². The molecule has 1 nitrogen and oxygen atoms in total. The van der Waals surface area contributed by atoms with Gasteiger partial charge in [-0.1, -0.05) is 12.1 Å². The smallest absolute Gasteiger partial charge is 0.141 e. The van der Waals surface area contributed by atoms with Gasteiger partial charge in [-0.3, -0.25) is 0 Å². The second kappa shape index (κ2) is 3.07. The molecule has 0 radical (unpaired) electrons. The molecule has 0 aromatic heterocycles. The predicted octanol–water partition coefficient (Wildman–Crippen LogP) is 2.58. The van der Waals surface area contributed by atoms with Crippen LogP contribution in [0.25, 0.3) is 0 Å². The highest BCUT2D eigenvalue weighted by Gasteiger charge is 2.44. The number of rotatable bonds is 2. The molecular weight excluding hydrogens is 233 g/mol. The van der Waals surface area contributed by atoms with Gasteiger partial charge in [0, 0.05) is 12.0 Å². The van der Waals surface area contributed by atoms with Crippen molar-refractivity contribution in [3.8, 4) is 0 Å². The van der Waals surface area contributed by atoms with Crippen LogP contribution in [-0.4, -0.2) is 6.54 Å². The molecule has 2 N–H and O–H groups in total. The normalized spacial score (nSPS) is 18.7. The number of hydrogen-bond acceptors (Lipinski definition) is 1. The lowest BCUT2D eigenvalue weighted by molar-refractivity contribution is 0.568. The molecule has 0 amide bonds. The molecule has 0 spiro atoms. The Morgan fingerprint density at radius 3 is 2.69 bits per heavy atom. The van der Waals surface area contributed by atoms with Crippen LogP contribution in [0.2, 0.25) is 0 Å². The van der Waals surface area contributed by atoms with Crippen LogP contribution in [0.15, 0.2) is 22.7 Å². The summed E-state index contributed by atoms with van der Waals surface area (Å²) in [4.78, 5) is 0. The summed E-state index contributed by atoms with van der Waals surface area (Å²) < 4.78 is 14.2. The van der Waals surface area contributed by atoms with Crippen LogP contribution in [0.3, 0.4) is 0 Å². The van der Waals surface area contributed by atoms with E-state index in [2.05, 4.69) is 15.9 Å². The summed E-state index contributed by atoms with van der Waals surface area (Å²) in [6.45, 7) is 0.542. The summed E-state index contributed by atoms with van der Waals surface area (Å²) in [6.07, 6.45) is 2.02. The van der Waals surface area contributed by atoms with Gasteiger partial charge in [0.25, 0.3) is 0 Å². The summed E-state index contributed by atoms with van der Waals surface area (Å²) in [7, 11) is 0. The molecule has 0 atom stereocenters. The van der Waals surface area contributed by atoms with Crippen molar-refractivity contribution in [2.45, 2.75) is 18.3 Å². The van der Waals surface area contributed by atoms with Gasteiger partial charge in [0.2, 0.25) is 0 Å². The highest BCUT2D eigenvalue weighted by molar-refractivity contribution is 9.10. The Morgan fingerprint density at radius 1 is 1.46 bits per heavy atom. The fourth-order valence-corrected chi connectivity index (χ4v) is 2.01. The molecule has 1 saturated carbocycles. The third-order valence-electron chi connectivity index (χ3n) is 2.77. The summed E-state index contributed by atoms with van der Waals surface area (Å²) in [5.41, 5.74) is 6.34. The van der Waals surface area contributed by atoms with Gasteiger partial charge in [0.15, 0.2) is 0 Å². The molecule has 70 valence electrons. The molecule has 1 fully saturated rings. The van der Waals surface area contributed by atoms with E-state index < -0.39 is 0 Å². The number of halogens is 2. The molecule has 1 aliphatic rings. The van der Waals surface area contributed by atoms with Gasteiger partial charge in [-0.05, 0) is 40.4 Å². The Hall–Kier alpha value is -0.410. The first kappa shape index (κ1) is 9.16. The average Bonchev–Trinajstić information content (AvgIpc) is 2.90. The van der Waals surface area contributed by atoms with E-state index in [4.69, 9.17) is 5.73 Å². The van der Waals surface area contributed by atoms with Crippen LogP contribution >= 0.6 is 15.9 Å². The van der Waals surface area contributed by atoms with Crippen LogP contribution in [-0.2, 0) is 5.41 Å². The van der Waals surface area contributed by atoms with Gasteiger partial charge in [0.05, 0.1) is 4.47 Å². The minimum Gasteiger partial charge on any atom is -0.330 e. The standard InChI is InChI=1S/C10H11BrFN/c11-8-3-1-2-7(9(8)12)10(6-13)4-5-10/h1-3H,4-6,13H2. The van der Waals surface area contributed by atoms with E-state index in [0.29, 0.717) is 11.0 Å². The Labute approximate surface area is 85.3 Å². The molecule has 3 heteroatoms. The van der Waals surface area contributed by atoms with Gasteiger partial charge >= 0.3 is 0 Å². The summed E-state index contributed by atoms with van der Waals surface area (Å²) in [5.74, 6) is -0.148. The number of hydrogen-bond donors (Lipinski definition) is 1. The number of benzene rings is 1. The summed E-state index contributed by atoms with van der Waals surface area (Å²) in [6, 6.07) is 5.41. The second-order valence-electron chi connectivity index (χ2n) is 3.59. The molecule has 0 heterocycles. The maximum absolute atomic E-state index is 13.6. The van der Waals surface area contributed by atoms with Crippen molar-refractivity contribution >= 4 is 15.9 Å². The van der Waals surface area contributed by atoms with E-state index in [9.17, 15) is 4.39 Å². The Balaban J connectivity index is 2.46. The van der Waals surface area contributed by atoms with E-state index in [-0.39, 0.29) is 11.2 Å². The van der Waals surface area contributed by atoms with Crippen molar-refractivity contribution in [3.05, 3.63) is 34.1 Å². The first-order chi connectivity index (χ1) is 6.19. The summed E-state index contributed by atoms with van der Waals surface area (Å²) >= 11 is 3.18. The summed E-state index contributed by atoms with van der Waals surface area (Å²) in [5, 5.41) is 0. The van der Waals surface area contributed by atoms with Crippen LogP contribution in [0, 0.1) is 5.82 Å². The minimum atomic E-state index is -0.148. The zero-order valence-electron chi connectivity index (χ0n) is 7.19. The molecule has 0 aliphatic heterocycles. The van der Waals surface area contributed by atoms with E-state index in [1.165, 1.54) is 0 Å². The SMILES string of the molecule is NCC1(c2cccc(Br)c2F)CC1. The quantitative estimate of drug-likeness (QED) is 0.850. The molecular formula is C10H11BrFN. The van der Waals surface area contributed by atoms with E-state index in [1.807, 2.05) is 12.1 Å². The highest BCUT2D eigenvalue weighted by Crippen LogP contribution is 2.48. The molecule has 1 aromatic rings. The Bertz CT molecular complexity index is 334. The topological polar surface area (TPSA) is 26.0 Å². The number of nitrogens with two attached hydrogens (primary N) is 1. The van der Waals surface area contributed by atoms with Crippen LogP contribution in [0.1, 0.15) is 18.4 Å². The monoisotopic (exact) mass is 243 g/mol. The molecule has 1 aromatic carbocycles. The Kier molecular flexibility index (Phi) is 2.16. The van der Waals surface area contributed by atoms with Gasteiger partial charge in [0.1, 0.15) is 5.82 Å². The molecule has 1 aliphatic carbocycles. The lowest BCUT2D eigenvalue weighted by Gasteiger charge is -2.14. The zero-order chi connectivity index (χ0) is 9.47. The van der Waals surface area contributed by atoms with Gasteiger partial charge in [-0.15, -0.1) is 0 Å². The van der Waals surface area contributed by atoms with Crippen molar-refractivity contribution in [1.82, 2.24) is 0 Å². The lowest BCUT2D eigenvalue weighted by Crippen LogP contribution is -2.21. The zero-order valence-corrected chi connectivity index (χ0v) is 8.77. The van der Waals surface area contributed by atoms with E-state index in [1.54, 1.807) is 6.07 Å². The highest BCUT2D eigenvalue weighted by atomic mass is 79.9.